The number of aliphatic hydroxyl groups excluding tert-OH is 1. The number of aliphatic hydroxyl groups is 1. The number of ether oxygens (including phenoxy) is 1. The van der Waals surface area contributed by atoms with Crippen LogP contribution in [0.2, 0.25) is 0 Å². The van der Waals surface area contributed by atoms with Gasteiger partial charge in [0, 0.05) is 17.5 Å². The molecule has 2 rings (SSSR count). The molecule has 0 saturated heterocycles. The lowest BCUT2D eigenvalue weighted by Gasteiger charge is -2.16. The Morgan fingerprint density at radius 1 is 1.29 bits per heavy atom. The van der Waals surface area contributed by atoms with Gasteiger partial charge in [-0.25, -0.2) is 0 Å². The van der Waals surface area contributed by atoms with Crippen molar-refractivity contribution in [2.24, 2.45) is 0 Å². The van der Waals surface area contributed by atoms with E-state index in [4.69, 9.17) is 4.74 Å². The fourth-order valence-corrected chi connectivity index (χ4v) is 2.28. The van der Waals surface area contributed by atoms with E-state index >= 15 is 0 Å². The Labute approximate surface area is 124 Å². The van der Waals surface area contributed by atoms with Gasteiger partial charge in [-0.15, -0.1) is 0 Å². The third kappa shape index (κ3) is 3.73. The van der Waals surface area contributed by atoms with Crippen LogP contribution in [0.25, 0.3) is 10.8 Å². The average Bonchev–Trinajstić information content (AvgIpc) is 2.47. The van der Waals surface area contributed by atoms with Gasteiger partial charge in [0.25, 0.3) is 0 Å². The van der Waals surface area contributed by atoms with Gasteiger partial charge in [0.05, 0.1) is 19.1 Å². The van der Waals surface area contributed by atoms with Crippen LogP contribution < -0.4 is 10.1 Å². The molecule has 1 atom stereocenters. The number of benzene rings is 2. The number of nitrogens with one attached hydrogen (secondary N) is 1. The highest BCUT2D eigenvalue weighted by molar-refractivity contribution is 5.89. The first-order valence-electron chi connectivity index (χ1n) is 7.22. The Morgan fingerprint density at radius 2 is 2.05 bits per heavy atom. The molecule has 0 bridgehead atoms. The smallest absolute Gasteiger partial charge is 0.223 e. The standard InChI is InChI=1S/C17H21NO3/c1-3-18-16(20)10-11-21-17-14(12(2)19)9-8-13-6-4-5-7-15(13)17/h4-9,12,19H,3,10-11H2,1-2H3,(H,18,20)/t12-/m1/s1. The van der Waals surface area contributed by atoms with Crippen LogP contribution in [0.5, 0.6) is 5.75 Å². The Bertz CT molecular complexity index is 622. The highest BCUT2D eigenvalue weighted by atomic mass is 16.5. The third-order valence-corrected chi connectivity index (χ3v) is 3.31. The van der Waals surface area contributed by atoms with E-state index in [1.165, 1.54) is 0 Å². The molecule has 2 aromatic carbocycles. The summed E-state index contributed by atoms with van der Waals surface area (Å²) >= 11 is 0. The number of hydrogen-bond acceptors (Lipinski definition) is 3. The summed E-state index contributed by atoms with van der Waals surface area (Å²) in [7, 11) is 0. The van der Waals surface area contributed by atoms with Crippen LogP contribution in [-0.2, 0) is 4.79 Å². The minimum absolute atomic E-state index is 0.0312. The lowest BCUT2D eigenvalue weighted by atomic mass is 10.0. The minimum Gasteiger partial charge on any atom is -0.492 e. The van der Waals surface area contributed by atoms with E-state index in [1.54, 1.807) is 6.92 Å². The maximum atomic E-state index is 11.5. The lowest BCUT2D eigenvalue weighted by molar-refractivity contribution is -0.121. The summed E-state index contributed by atoms with van der Waals surface area (Å²) in [5.41, 5.74) is 0.740. The Kier molecular flexibility index (Phi) is 5.17. The Balaban J connectivity index is 2.23. The molecule has 0 aromatic heterocycles. The molecular weight excluding hydrogens is 266 g/mol. The first-order valence-corrected chi connectivity index (χ1v) is 7.22. The number of carbonyl (C=O) groups is 1. The van der Waals surface area contributed by atoms with Crippen molar-refractivity contribution in [2.45, 2.75) is 26.4 Å². The second kappa shape index (κ2) is 7.09. The SMILES string of the molecule is CCNC(=O)CCOc1c([C@@H](C)O)ccc2ccccc12. The van der Waals surface area contributed by atoms with Gasteiger partial charge >= 0.3 is 0 Å². The number of carbonyl (C=O) groups excluding carboxylic acids is 1. The number of hydrogen-bond donors (Lipinski definition) is 2. The Hall–Kier alpha value is -2.07. The van der Waals surface area contributed by atoms with Gasteiger partial charge in [0.2, 0.25) is 5.91 Å². The van der Waals surface area contributed by atoms with Crippen molar-refractivity contribution in [1.82, 2.24) is 5.32 Å². The first-order chi connectivity index (χ1) is 10.1. The van der Waals surface area contributed by atoms with E-state index in [9.17, 15) is 9.90 Å². The second-order valence-electron chi connectivity index (χ2n) is 4.93. The summed E-state index contributed by atoms with van der Waals surface area (Å²) in [5.74, 6) is 0.628. The predicted molar refractivity (Wildman–Crippen MR) is 83.4 cm³/mol. The maximum Gasteiger partial charge on any atom is 0.223 e. The minimum atomic E-state index is -0.617. The summed E-state index contributed by atoms with van der Waals surface area (Å²) < 4.78 is 5.81. The van der Waals surface area contributed by atoms with Gasteiger partial charge < -0.3 is 15.2 Å². The molecule has 0 unspecified atom stereocenters. The van der Waals surface area contributed by atoms with Crippen LogP contribution in [0.4, 0.5) is 0 Å². The summed E-state index contributed by atoms with van der Waals surface area (Å²) in [6, 6.07) is 11.7. The van der Waals surface area contributed by atoms with Crippen molar-refractivity contribution in [1.29, 1.82) is 0 Å². The molecule has 0 aliphatic heterocycles. The van der Waals surface area contributed by atoms with Gasteiger partial charge in [-0.05, 0) is 19.2 Å². The molecule has 0 fully saturated rings. The number of fused-ring (bicyclic) bond motifs is 1. The van der Waals surface area contributed by atoms with Crippen molar-refractivity contribution in [3.05, 3.63) is 42.0 Å². The van der Waals surface area contributed by atoms with Crippen molar-refractivity contribution in [3.63, 3.8) is 0 Å². The predicted octanol–water partition coefficient (Wildman–Crippen LogP) is 2.80. The van der Waals surface area contributed by atoms with Crippen molar-refractivity contribution in [3.8, 4) is 5.75 Å². The molecule has 112 valence electrons. The molecule has 0 aliphatic carbocycles. The molecule has 0 spiro atoms. The van der Waals surface area contributed by atoms with Gasteiger partial charge in [-0.3, -0.25) is 4.79 Å². The molecule has 4 nitrogen and oxygen atoms in total. The van der Waals surface area contributed by atoms with E-state index in [1.807, 2.05) is 43.3 Å². The van der Waals surface area contributed by atoms with E-state index in [0.717, 1.165) is 16.3 Å². The van der Waals surface area contributed by atoms with Crippen molar-refractivity contribution >= 4 is 16.7 Å². The Morgan fingerprint density at radius 3 is 2.76 bits per heavy atom. The van der Waals surface area contributed by atoms with Crippen LogP contribution >= 0.6 is 0 Å². The van der Waals surface area contributed by atoms with Crippen molar-refractivity contribution < 1.29 is 14.6 Å². The van der Waals surface area contributed by atoms with Gasteiger partial charge in [0.1, 0.15) is 5.75 Å². The van der Waals surface area contributed by atoms with Crippen LogP contribution in [0.1, 0.15) is 31.9 Å². The maximum absolute atomic E-state index is 11.5. The van der Waals surface area contributed by atoms with Crippen LogP contribution in [0.15, 0.2) is 36.4 Å². The van der Waals surface area contributed by atoms with Crippen LogP contribution in [0, 0.1) is 0 Å². The fraction of sp³-hybridized carbons (Fsp3) is 0.353. The lowest BCUT2D eigenvalue weighted by Crippen LogP contribution is -2.24. The molecule has 0 aliphatic rings. The van der Waals surface area contributed by atoms with Crippen molar-refractivity contribution in [2.75, 3.05) is 13.2 Å². The average molecular weight is 287 g/mol. The molecule has 0 radical (unpaired) electrons. The van der Waals surface area contributed by atoms with Crippen LogP contribution in [0.3, 0.4) is 0 Å². The van der Waals surface area contributed by atoms with E-state index in [2.05, 4.69) is 5.32 Å². The highest BCUT2D eigenvalue weighted by Gasteiger charge is 2.13. The second-order valence-corrected chi connectivity index (χ2v) is 4.93. The molecule has 2 N–H and O–H groups in total. The normalized spacial score (nSPS) is 12.1. The molecule has 4 heteroatoms. The largest absolute Gasteiger partial charge is 0.492 e. The van der Waals surface area contributed by atoms with Gasteiger partial charge in [-0.1, -0.05) is 36.4 Å². The molecular formula is C17H21NO3. The number of amides is 1. The summed E-state index contributed by atoms with van der Waals surface area (Å²) in [6.45, 7) is 4.50. The molecule has 0 saturated carbocycles. The topological polar surface area (TPSA) is 58.6 Å². The van der Waals surface area contributed by atoms with Gasteiger partial charge in [0.15, 0.2) is 0 Å². The highest BCUT2D eigenvalue weighted by Crippen LogP contribution is 2.33. The molecule has 0 heterocycles. The number of rotatable bonds is 6. The molecule has 2 aromatic rings. The summed E-state index contributed by atoms with van der Waals surface area (Å²) in [5, 5.41) is 14.6. The molecule has 21 heavy (non-hydrogen) atoms. The fourth-order valence-electron chi connectivity index (χ4n) is 2.28. The van der Waals surface area contributed by atoms with E-state index in [-0.39, 0.29) is 5.91 Å². The third-order valence-electron chi connectivity index (χ3n) is 3.31. The zero-order valence-corrected chi connectivity index (χ0v) is 12.4. The zero-order chi connectivity index (χ0) is 15.2. The van der Waals surface area contributed by atoms with Gasteiger partial charge in [-0.2, -0.15) is 0 Å². The monoisotopic (exact) mass is 287 g/mol. The molecule has 1 amide bonds. The zero-order valence-electron chi connectivity index (χ0n) is 12.4. The quantitative estimate of drug-likeness (QED) is 0.859. The first kappa shape index (κ1) is 15.3. The van der Waals surface area contributed by atoms with E-state index in [0.29, 0.717) is 25.3 Å². The van der Waals surface area contributed by atoms with E-state index < -0.39 is 6.10 Å². The summed E-state index contributed by atoms with van der Waals surface area (Å²) in [6.07, 6.45) is -0.315. The van der Waals surface area contributed by atoms with Crippen LogP contribution in [-0.4, -0.2) is 24.2 Å². The summed E-state index contributed by atoms with van der Waals surface area (Å²) in [4.78, 5) is 11.5.